The SMILES string of the molecule is O=C(/C=C1\CCCOc2cc(C(F)(F)F)ccc21)NCc1ccccc1N1CCOCC1. The van der Waals surface area contributed by atoms with Crippen molar-refractivity contribution in [1.82, 2.24) is 5.32 Å². The molecular weight excluding hydrogens is 421 g/mol. The minimum Gasteiger partial charge on any atom is -0.493 e. The Morgan fingerprint density at radius 3 is 2.66 bits per heavy atom. The third kappa shape index (κ3) is 5.24. The normalized spacial score (nSPS) is 18.0. The first-order valence-corrected chi connectivity index (χ1v) is 10.7. The average Bonchev–Trinajstić information content (AvgIpc) is 2.99. The van der Waals surface area contributed by atoms with Crippen molar-refractivity contribution in [3.05, 3.63) is 65.2 Å². The molecule has 0 unspecified atom stereocenters. The van der Waals surface area contributed by atoms with Crippen LogP contribution in [0.3, 0.4) is 0 Å². The number of hydrogen-bond donors (Lipinski definition) is 1. The number of nitrogens with one attached hydrogen (secondary N) is 1. The van der Waals surface area contributed by atoms with Crippen LogP contribution in [0.4, 0.5) is 18.9 Å². The van der Waals surface area contributed by atoms with Crippen LogP contribution in [0.1, 0.15) is 29.5 Å². The number of amides is 1. The molecule has 1 saturated heterocycles. The summed E-state index contributed by atoms with van der Waals surface area (Å²) in [7, 11) is 0. The third-order valence-corrected chi connectivity index (χ3v) is 5.60. The van der Waals surface area contributed by atoms with Gasteiger partial charge in [0, 0.05) is 37.0 Å². The quantitative estimate of drug-likeness (QED) is 0.707. The summed E-state index contributed by atoms with van der Waals surface area (Å²) < 4.78 is 50.1. The summed E-state index contributed by atoms with van der Waals surface area (Å²) in [6.45, 7) is 3.60. The van der Waals surface area contributed by atoms with Crippen molar-refractivity contribution in [2.24, 2.45) is 0 Å². The van der Waals surface area contributed by atoms with Crippen LogP contribution >= 0.6 is 0 Å². The Kier molecular flexibility index (Phi) is 6.69. The largest absolute Gasteiger partial charge is 0.493 e. The molecule has 2 aliphatic rings. The lowest BCUT2D eigenvalue weighted by Crippen LogP contribution is -2.37. The van der Waals surface area contributed by atoms with Gasteiger partial charge in [0.25, 0.3) is 0 Å². The maximum absolute atomic E-state index is 13.1. The van der Waals surface area contributed by atoms with Gasteiger partial charge >= 0.3 is 6.18 Å². The average molecular weight is 446 g/mol. The van der Waals surface area contributed by atoms with Crippen LogP contribution in [0.15, 0.2) is 48.5 Å². The minimum atomic E-state index is -4.44. The van der Waals surface area contributed by atoms with Crippen molar-refractivity contribution >= 4 is 17.2 Å². The second kappa shape index (κ2) is 9.65. The van der Waals surface area contributed by atoms with E-state index in [1.807, 2.05) is 24.3 Å². The molecule has 2 aromatic carbocycles. The predicted octanol–water partition coefficient (Wildman–Crippen LogP) is 4.41. The Bertz CT molecular complexity index is 998. The molecular formula is C24H25F3N2O3. The minimum absolute atomic E-state index is 0.161. The molecule has 0 aliphatic carbocycles. The van der Waals surface area contributed by atoms with E-state index in [9.17, 15) is 18.0 Å². The lowest BCUT2D eigenvalue weighted by atomic mass is 9.99. The Morgan fingerprint density at radius 2 is 1.88 bits per heavy atom. The highest BCUT2D eigenvalue weighted by Crippen LogP contribution is 2.38. The van der Waals surface area contributed by atoms with Gasteiger partial charge in [-0.25, -0.2) is 0 Å². The number of carbonyl (C=O) groups is 1. The number of rotatable bonds is 4. The number of allylic oxidation sites excluding steroid dienone is 1. The van der Waals surface area contributed by atoms with Gasteiger partial charge in [-0.2, -0.15) is 13.2 Å². The van der Waals surface area contributed by atoms with E-state index in [-0.39, 0.29) is 11.7 Å². The molecule has 0 saturated carbocycles. The number of morpholine rings is 1. The van der Waals surface area contributed by atoms with Crippen molar-refractivity contribution < 1.29 is 27.4 Å². The molecule has 0 radical (unpaired) electrons. The number of fused-ring (bicyclic) bond motifs is 1. The standard InChI is InChI=1S/C24H25F3N2O3/c25-24(26,27)19-7-8-20-17(5-3-11-32-22(20)15-19)14-23(30)28-16-18-4-1-2-6-21(18)29-9-12-31-13-10-29/h1-2,4,6-8,14-15H,3,5,9-13,16H2,(H,28,30)/b17-14+. The molecule has 0 bridgehead atoms. The van der Waals surface area contributed by atoms with Gasteiger partial charge in [0.05, 0.1) is 25.4 Å². The van der Waals surface area contributed by atoms with Gasteiger partial charge in [-0.1, -0.05) is 24.3 Å². The number of nitrogens with zero attached hydrogens (tertiary/aromatic N) is 1. The van der Waals surface area contributed by atoms with Gasteiger partial charge in [-0.3, -0.25) is 4.79 Å². The number of ether oxygens (including phenoxy) is 2. The van der Waals surface area contributed by atoms with Crippen molar-refractivity contribution in [3.63, 3.8) is 0 Å². The molecule has 0 atom stereocenters. The molecule has 2 heterocycles. The van der Waals surface area contributed by atoms with Crippen molar-refractivity contribution in [3.8, 4) is 5.75 Å². The molecule has 0 aromatic heterocycles. The smallest absolute Gasteiger partial charge is 0.416 e. The van der Waals surface area contributed by atoms with Crippen molar-refractivity contribution in [2.75, 3.05) is 37.8 Å². The highest BCUT2D eigenvalue weighted by atomic mass is 19.4. The summed E-state index contributed by atoms with van der Waals surface area (Å²) in [5, 5.41) is 2.92. The van der Waals surface area contributed by atoms with Crippen LogP contribution in [-0.4, -0.2) is 38.8 Å². The number of halogens is 3. The number of carbonyl (C=O) groups excluding carboxylic acids is 1. The van der Waals surface area contributed by atoms with E-state index in [2.05, 4.69) is 10.2 Å². The number of hydrogen-bond acceptors (Lipinski definition) is 4. The molecule has 32 heavy (non-hydrogen) atoms. The van der Waals surface area contributed by atoms with Crippen molar-refractivity contribution in [1.29, 1.82) is 0 Å². The van der Waals surface area contributed by atoms with E-state index in [0.29, 0.717) is 50.3 Å². The first-order valence-electron chi connectivity index (χ1n) is 10.7. The maximum atomic E-state index is 13.1. The number of alkyl halides is 3. The fraction of sp³-hybridized carbons (Fsp3) is 0.375. The van der Waals surface area contributed by atoms with Crippen LogP contribution in [0.5, 0.6) is 5.75 Å². The molecule has 0 spiro atoms. The third-order valence-electron chi connectivity index (χ3n) is 5.60. The van der Waals surface area contributed by atoms with Gasteiger partial charge in [0.15, 0.2) is 0 Å². The van der Waals surface area contributed by atoms with Gasteiger partial charge in [-0.05, 0) is 42.2 Å². The van der Waals surface area contributed by atoms with Gasteiger partial charge in [-0.15, -0.1) is 0 Å². The highest BCUT2D eigenvalue weighted by Gasteiger charge is 2.32. The zero-order valence-corrected chi connectivity index (χ0v) is 17.6. The Morgan fingerprint density at radius 1 is 1.09 bits per heavy atom. The monoisotopic (exact) mass is 446 g/mol. The molecule has 1 N–H and O–H groups in total. The summed E-state index contributed by atoms with van der Waals surface area (Å²) >= 11 is 0. The Labute approximate surface area is 184 Å². The molecule has 4 rings (SSSR count). The van der Waals surface area contributed by atoms with Crippen molar-refractivity contribution in [2.45, 2.75) is 25.6 Å². The first-order chi connectivity index (χ1) is 15.4. The van der Waals surface area contributed by atoms with E-state index < -0.39 is 11.7 Å². The number of anilines is 1. The van der Waals surface area contributed by atoms with E-state index in [4.69, 9.17) is 9.47 Å². The molecule has 2 aliphatic heterocycles. The zero-order chi connectivity index (χ0) is 22.6. The number of para-hydroxylation sites is 1. The fourth-order valence-electron chi connectivity index (χ4n) is 3.98. The lowest BCUT2D eigenvalue weighted by Gasteiger charge is -2.30. The Balaban J connectivity index is 1.49. The Hall–Kier alpha value is -3.00. The summed E-state index contributed by atoms with van der Waals surface area (Å²) in [5.41, 5.74) is 2.50. The van der Waals surface area contributed by atoms with Gasteiger partial charge in [0.2, 0.25) is 5.91 Å². The van der Waals surface area contributed by atoms with E-state index in [1.54, 1.807) is 0 Å². The van der Waals surface area contributed by atoms with Gasteiger partial charge in [0.1, 0.15) is 5.75 Å². The van der Waals surface area contributed by atoms with E-state index >= 15 is 0 Å². The predicted molar refractivity (Wildman–Crippen MR) is 115 cm³/mol. The zero-order valence-electron chi connectivity index (χ0n) is 17.6. The first kappa shape index (κ1) is 22.2. The summed E-state index contributed by atoms with van der Waals surface area (Å²) in [4.78, 5) is 14.9. The summed E-state index contributed by atoms with van der Waals surface area (Å²) in [6, 6.07) is 11.3. The van der Waals surface area contributed by atoms with E-state index in [1.165, 1.54) is 12.1 Å². The summed E-state index contributed by atoms with van der Waals surface area (Å²) in [5.74, 6) is -0.126. The lowest BCUT2D eigenvalue weighted by molar-refractivity contribution is -0.137. The second-order valence-corrected chi connectivity index (χ2v) is 7.78. The van der Waals surface area contributed by atoms with Gasteiger partial charge < -0.3 is 19.7 Å². The molecule has 5 nitrogen and oxygen atoms in total. The van der Waals surface area contributed by atoms with Crippen LogP contribution in [0.2, 0.25) is 0 Å². The molecule has 170 valence electrons. The van der Waals surface area contributed by atoms with Crippen LogP contribution < -0.4 is 15.0 Å². The molecule has 8 heteroatoms. The second-order valence-electron chi connectivity index (χ2n) is 7.78. The fourth-order valence-corrected chi connectivity index (χ4v) is 3.98. The highest BCUT2D eigenvalue weighted by molar-refractivity contribution is 5.96. The van der Waals surface area contributed by atoms with Crippen LogP contribution in [0.25, 0.3) is 5.57 Å². The topological polar surface area (TPSA) is 50.8 Å². The maximum Gasteiger partial charge on any atom is 0.416 e. The summed E-state index contributed by atoms with van der Waals surface area (Å²) in [6.07, 6.45) is -1.80. The molecule has 1 fully saturated rings. The van der Waals surface area contributed by atoms with Crippen LogP contribution in [-0.2, 0) is 22.3 Å². The molecule has 1 amide bonds. The van der Waals surface area contributed by atoms with E-state index in [0.717, 1.165) is 36.5 Å². The van der Waals surface area contributed by atoms with Crippen LogP contribution in [0, 0.1) is 0 Å². The number of benzene rings is 2. The molecule has 2 aromatic rings.